The molecule has 6 bridgehead atoms. The summed E-state index contributed by atoms with van der Waals surface area (Å²) < 4.78 is 0. The van der Waals surface area contributed by atoms with Gasteiger partial charge in [-0.05, 0) is 142 Å². The van der Waals surface area contributed by atoms with Gasteiger partial charge in [-0.25, -0.2) is 0 Å². The summed E-state index contributed by atoms with van der Waals surface area (Å²) in [6.45, 7) is 0. The molecule has 18 rings (SSSR count). The van der Waals surface area contributed by atoms with Crippen molar-refractivity contribution >= 4 is 0 Å². The van der Waals surface area contributed by atoms with Gasteiger partial charge in [0, 0.05) is 0 Å². The summed E-state index contributed by atoms with van der Waals surface area (Å²) in [5.74, 6) is 14.0. The van der Waals surface area contributed by atoms with Gasteiger partial charge in [0.2, 0.25) is 0 Å². The van der Waals surface area contributed by atoms with E-state index in [2.05, 4.69) is 0 Å². The molecule has 4 unspecified atom stereocenters. The molecule has 504 valence electrons. The fraction of sp³-hybridized carbons (Fsp3) is 1.00. The Labute approximate surface area is 543 Å². The Kier molecular flexibility index (Phi) is 42.3. The van der Waals surface area contributed by atoms with E-state index in [1.807, 2.05) is 0 Å². The highest BCUT2D eigenvalue weighted by atomic mass is 14.5. The second-order valence-electron chi connectivity index (χ2n) is 34.0. The Morgan fingerprint density at radius 3 is 0.384 bits per heavy atom. The van der Waals surface area contributed by atoms with Gasteiger partial charge < -0.3 is 0 Å². The van der Waals surface area contributed by atoms with E-state index in [1.54, 1.807) is 161 Å². The van der Waals surface area contributed by atoms with Gasteiger partial charge in [-0.3, -0.25) is 0 Å². The van der Waals surface area contributed by atoms with Crippen molar-refractivity contribution in [1.29, 1.82) is 0 Å². The van der Waals surface area contributed by atoms with Crippen LogP contribution >= 0.6 is 0 Å². The molecule has 0 amide bonds. The first-order valence-corrected chi connectivity index (χ1v) is 42.8. The lowest BCUT2D eigenvalue weighted by molar-refractivity contribution is 0.0198. The van der Waals surface area contributed by atoms with E-state index in [0.29, 0.717) is 0 Å². The maximum absolute atomic E-state index is 1.60. The largest absolute Gasteiger partial charge is 0.0533 e. The lowest BCUT2D eigenvalue weighted by Gasteiger charge is -2.49. The van der Waals surface area contributed by atoms with Gasteiger partial charge in [-0.15, -0.1) is 0 Å². The summed E-state index contributed by atoms with van der Waals surface area (Å²) in [7, 11) is 0. The Bertz CT molecular complexity index is 1240. The SMILES string of the molecule is C1C2CC3CC1CC(C2)C3.C1CC1.C1CC2CCC1C2.C1CCC1.C1CCC2C(C1)CCC1CCCCC12.C1CCC2CCCCC2C1.C1CCCC1.C1CCCCC1.C1CCCCCC1.C1CCCCCCC1.C1CCCCCCCCCCC1. The molecular weight excluding hydrogens is 1030 g/mol. The Balaban J connectivity index is 0.000000138. The smallest absolute Gasteiger partial charge is 0.0355 e. The van der Waals surface area contributed by atoms with Crippen LogP contribution in [0.4, 0.5) is 0 Å². The van der Waals surface area contributed by atoms with Gasteiger partial charge in [0.05, 0.1) is 0 Å². The van der Waals surface area contributed by atoms with E-state index in [4.69, 9.17) is 0 Å². The predicted octanol–water partition coefficient (Wildman–Crippen LogP) is 30.3. The molecule has 0 aromatic rings. The first kappa shape index (κ1) is 73.4. The van der Waals surface area contributed by atoms with Crippen LogP contribution in [0.3, 0.4) is 0 Å². The van der Waals surface area contributed by atoms with Crippen LogP contribution in [0, 0.1) is 71.0 Å². The lowest BCUT2D eigenvalue weighted by Crippen LogP contribution is -2.38. The quantitative estimate of drug-likeness (QED) is 0.212. The fourth-order valence-corrected chi connectivity index (χ4v) is 20.7. The maximum Gasteiger partial charge on any atom is -0.0355 e. The molecule has 4 atom stereocenters. The van der Waals surface area contributed by atoms with Crippen molar-refractivity contribution in [2.24, 2.45) is 71.0 Å². The van der Waals surface area contributed by atoms with E-state index in [-0.39, 0.29) is 0 Å². The molecule has 0 heterocycles. The van der Waals surface area contributed by atoms with E-state index >= 15 is 0 Å². The Morgan fingerprint density at radius 2 is 0.233 bits per heavy atom. The van der Waals surface area contributed by atoms with Crippen LogP contribution < -0.4 is 0 Å². The lowest BCUT2D eigenvalue weighted by atomic mass is 9.56. The molecule has 0 N–H and O–H groups in total. The number of rotatable bonds is 0. The summed E-state index contributed by atoms with van der Waals surface area (Å²) in [4.78, 5) is 0. The third-order valence-corrected chi connectivity index (χ3v) is 26.3. The minimum absolute atomic E-state index is 1.16. The van der Waals surface area contributed by atoms with Crippen LogP contribution in [0.2, 0.25) is 0 Å². The molecule has 18 aliphatic rings. The zero-order chi connectivity index (χ0) is 59.3. The Hall–Kier alpha value is 0. The maximum atomic E-state index is 1.60. The van der Waals surface area contributed by atoms with Crippen LogP contribution in [0.15, 0.2) is 0 Å². The Morgan fingerprint density at radius 1 is 0.0930 bits per heavy atom. The molecule has 86 heavy (non-hydrogen) atoms. The monoisotopic (exact) mass is 1190 g/mol. The molecule has 0 aliphatic heterocycles. The molecule has 0 aromatic heterocycles. The summed E-state index contributed by atoms with van der Waals surface area (Å²) in [6.07, 6.45) is 113. The third kappa shape index (κ3) is 34.2. The van der Waals surface area contributed by atoms with Crippen molar-refractivity contribution in [2.75, 3.05) is 0 Å². The van der Waals surface area contributed by atoms with Crippen molar-refractivity contribution in [2.45, 2.75) is 475 Å². The van der Waals surface area contributed by atoms with Crippen LogP contribution in [-0.4, -0.2) is 0 Å². The van der Waals surface area contributed by atoms with E-state index in [9.17, 15) is 0 Å². The highest BCUT2D eigenvalue weighted by Gasteiger charge is 2.42. The fourth-order valence-electron chi connectivity index (χ4n) is 20.7. The molecule has 0 nitrogen and oxygen atoms in total. The van der Waals surface area contributed by atoms with Crippen LogP contribution in [0.25, 0.3) is 0 Å². The minimum atomic E-state index is 1.16. The molecule has 18 aliphatic carbocycles. The first-order valence-electron chi connectivity index (χ1n) is 42.8. The number of hydrogen-bond acceptors (Lipinski definition) is 0. The molecule has 0 heteroatoms. The van der Waals surface area contributed by atoms with E-state index in [0.717, 1.165) is 23.7 Å². The zero-order valence-electron chi connectivity index (χ0n) is 59.3. The van der Waals surface area contributed by atoms with Crippen molar-refractivity contribution < 1.29 is 0 Å². The van der Waals surface area contributed by atoms with Crippen LogP contribution in [0.1, 0.15) is 475 Å². The van der Waals surface area contributed by atoms with Gasteiger partial charge in [0.1, 0.15) is 0 Å². The third-order valence-electron chi connectivity index (χ3n) is 26.3. The first-order chi connectivity index (χ1) is 42.8. The standard InChI is InChI=1S/C14H24.C12H24.C10H16.C10H18.C8H16.C7H12.C7H14.C6H12.C5H10.C4H8.C3H6/c1-3-7-13-11(5-1)9-10-12-6-2-4-8-14(12)13;1-2-4-6-8-10-12-11-9-7-5-3-1;1-7-2-9-4-8(1)5-10(3-7)6-9;1-2-6-10-8-4-3-7-9(10)5-1;1-2-4-6-8-7-5-3-1;1-2-7-4-3-6(1)5-7;1-2-4-6-7-5-3-1;1-2-4-6-5-3-1;1-2-4-5-3-1;1-2-4-3-1;1-2-3-1/h11-14H,1-10H2;1-12H2;7-10H,1-6H2;9-10H,1-8H2;1-8H2;6-7H,1-5H2;1-7H2;1-6H2;1-5H2;1-4H2;1-3H2. The normalized spacial score (nSPS) is 35.7. The van der Waals surface area contributed by atoms with Crippen LogP contribution in [0.5, 0.6) is 0 Å². The molecule has 0 aromatic carbocycles. The topological polar surface area (TPSA) is 0 Å². The van der Waals surface area contributed by atoms with Crippen molar-refractivity contribution in [3.8, 4) is 0 Å². The minimum Gasteiger partial charge on any atom is -0.0533 e. The van der Waals surface area contributed by atoms with E-state index in [1.165, 1.54) is 362 Å². The van der Waals surface area contributed by atoms with Gasteiger partial charge >= 0.3 is 0 Å². The van der Waals surface area contributed by atoms with Gasteiger partial charge in [0.15, 0.2) is 0 Å². The van der Waals surface area contributed by atoms with Crippen molar-refractivity contribution in [3.63, 3.8) is 0 Å². The predicted molar refractivity (Wildman–Crippen MR) is 384 cm³/mol. The highest BCUT2D eigenvalue weighted by Crippen LogP contribution is 2.54. The summed E-state index contributed by atoms with van der Waals surface area (Å²) >= 11 is 0. The molecule has 18 saturated carbocycles. The molecule has 0 saturated heterocycles. The molecular formula is C86H160. The average molecular weight is 1190 g/mol. The second kappa shape index (κ2) is 49.6. The van der Waals surface area contributed by atoms with Crippen molar-refractivity contribution in [1.82, 2.24) is 0 Å². The molecule has 0 spiro atoms. The van der Waals surface area contributed by atoms with Crippen molar-refractivity contribution in [3.05, 3.63) is 0 Å². The van der Waals surface area contributed by atoms with Gasteiger partial charge in [-0.2, -0.15) is 0 Å². The highest BCUT2D eigenvalue weighted by molar-refractivity contribution is 4.94. The summed E-state index contributed by atoms with van der Waals surface area (Å²) in [6, 6.07) is 0. The molecule has 0 radical (unpaired) electrons. The van der Waals surface area contributed by atoms with E-state index < -0.39 is 0 Å². The summed E-state index contributed by atoms with van der Waals surface area (Å²) in [5.41, 5.74) is 0. The molecule has 18 fully saturated rings. The average Bonchev–Trinajstić information content (AvgIpc) is 1.71. The van der Waals surface area contributed by atoms with Gasteiger partial charge in [-0.1, -0.05) is 405 Å². The van der Waals surface area contributed by atoms with Crippen LogP contribution in [-0.2, 0) is 0 Å². The van der Waals surface area contributed by atoms with Gasteiger partial charge in [0.25, 0.3) is 0 Å². The summed E-state index contributed by atoms with van der Waals surface area (Å²) in [5, 5.41) is 0. The second-order valence-corrected chi connectivity index (χ2v) is 34.0. The number of hydrogen-bond donors (Lipinski definition) is 0. The zero-order valence-corrected chi connectivity index (χ0v) is 59.3. The number of fused-ring (bicyclic) bond motifs is 6.